The second kappa shape index (κ2) is 6.86. The van der Waals surface area contributed by atoms with E-state index in [9.17, 15) is 9.18 Å². The standard InChI is InChI=1S/C16H22BrFN2O2/c1-16(2,3)22-15(21)20-8-6-11(7-9-20)19-12-4-5-14(18)13(17)10-12/h4-5,10-11,19H,6-9H2,1-3H3. The van der Waals surface area contributed by atoms with Crippen LogP contribution >= 0.6 is 15.9 Å². The summed E-state index contributed by atoms with van der Waals surface area (Å²) in [4.78, 5) is 13.7. The third-order valence-electron chi connectivity index (χ3n) is 3.44. The average Bonchev–Trinajstić information content (AvgIpc) is 2.42. The molecule has 0 aliphatic carbocycles. The molecule has 1 aliphatic heterocycles. The number of nitrogens with zero attached hydrogens (tertiary/aromatic N) is 1. The highest BCUT2D eigenvalue weighted by Gasteiger charge is 2.26. The van der Waals surface area contributed by atoms with Gasteiger partial charge in [0.1, 0.15) is 11.4 Å². The smallest absolute Gasteiger partial charge is 0.410 e. The van der Waals surface area contributed by atoms with Crippen LogP contribution < -0.4 is 5.32 Å². The minimum Gasteiger partial charge on any atom is -0.444 e. The van der Waals surface area contributed by atoms with Crippen LogP contribution in [0.15, 0.2) is 22.7 Å². The lowest BCUT2D eigenvalue weighted by Gasteiger charge is -2.34. The summed E-state index contributed by atoms with van der Waals surface area (Å²) in [5, 5.41) is 3.38. The van der Waals surface area contributed by atoms with Crippen molar-refractivity contribution < 1.29 is 13.9 Å². The number of halogens is 2. The summed E-state index contributed by atoms with van der Waals surface area (Å²) in [6.07, 6.45) is 1.43. The predicted molar refractivity (Wildman–Crippen MR) is 88.6 cm³/mol. The number of piperidine rings is 1. The zero-order valence-electron chi connectivity index (χ0n) is 13.2. The van der Waals surface area contributed by atoms with Crippen LogP contribution in [0.1, 0.15) is 33.6 Å². The van der Waals surface area contributed by atoms with E-state index in [4.69, 9.17) is 4.74 Å². The Bertz CT molecular complexity index is 537. The largest absolute Gasteiger partial charge is 0.444 e. The molecular formula is C16H22BrFN2O2. The van der Waals surface area contributed by atoms with E-state index >= 15 is 0 Å². The van der Waals surface area contributed by atoms with Crippen molar-refractivity contribution in [1.29, 1.82) is 0 Å². The van der Waals surface area contributed by atoms with Gasteiger partial charge in [0.05, 0.1) is 4.47 Å². The van der Waals surface area contributed by atoms with Crippen LogP contribution in [0.5, 0.6) is 0 Å². The fraction of sp³-hybridized carbons (Fsp3) is 0.562. The number of amides is 1. The number of carbonyl (C=O) groups excluding carboxylic acids is 1. The number of carbonyl (C=O) groups is 1. The highest BCUT2D eigenvalue weighted by Crippen LogP contribution is 2.23. The van der Waals surface area contributed by atoms with Crippen molar-refractivity contribution in [3.8, 4) is 0 Å². The monoisotopic (exact) mass is 372 g/mol. The molecule has 0 unspecified atom stereocenters. The van der Waals surface area contributed by atoms with E-state index in [1.54, 1.807) is 17.0 Å². The maximum atomic E-state index is 13.2. The van der Waals surface area contributed by atoms with Crippen molar-refractivity contribution in [2.24, 2.45) is 0 Å². The highest BCUT2D eigenvalue weighted by atomic mass is 79.9. The van der Waals surface area contributed by atoms with Crippen LogP contribution in [0.4, 0.5) is 14.9 Å². The lowest BCUT2D eigenvalue weighted by Crippen LogP contribution is -2.44. The van der Waals surface area contributed by atoms with Gasteiger partial charge in [0.25, 0.3) is 0 Å². The number of hydrogen-bond donors (Lipinski definition) is 1. The number of anilines is 1. The molecule has 0 atom stereocenters. The molecule has 1 saturated heterocycles. The molecule has 0 aromatic heterocycles. The maximum Gasteiger partial charge on any atom is 0.410 e. The van der Waals surface area contributed by atoms with E-state index in [-0.39, 0.29) is 18.0 Å². The fourth-order valence-corrected chi connectivity index (χ4v) is 2.73. The minimum atomic E-state index is -0.466. The Kier molecular flexibility index (Phi) is 5.32. The van der Waals surface area contributed by atoms with Crippen LogP contribution in [-0.4, -0.2) is 35.7 Å². The summed E-state index contributed by atoms with van der Waals surface area (Å²) in [6, 6.07) is 5.16. The molecule has 0 spiro atoms. The van der Waals surface area contributed by atoms with Crippen molar-refractivity contribution in [2.45, 2.75) is 45.3 Å². The van der Waals surface area contributed by atoms with Crippen molar-refractivity contribution in [1.82, 2.24) is 4.90 Å². The highest BCUT2D eigenvalue weighted by molar-refractivity contribution is 9.10. The zero-order valence-corrected chi connectivity index (χ0v) is 14.7. The number of nitrogens with one attached hydrogen (secondary N) is 1. The van der Waals surface area contributed by atoms with E-state index in [2.05, 4.69) is 21.2 Å². The summed E-state index contributed by atoms with van der Waals surface area (Å²) in [5.74, 6) is -0.273. The Labute approximate surface area is 139 Å². The summed E-state index contributed by atoms with van der Waals surface area (Å²) in [6.45, 7) is 6.92. The molecule has 4 nitrogen and oxygen atoms in total. The molecule has 22 heavy (non-hydrogen) atoms. The van der Waals surface area contributed by atoms with Crippen molar-refractivity contribution >= 4 is 27.7 Å². The molecule has 0 saturated carbocycles. The molecule has 0 bridgehead atoms. The minimum absolute atomic E-state index is 0.254. The zero-order chi connectivity index (χ0) is 16.3. The molecule has 1 aromatic carbocycles. The quantitative estimate of drug-likeness (QED) is 0.836. The molecular weight excluding hydrogens is 351 g/mol. The number of ether oxygens (including phenoxy) is 1. The lowest BCUT2D eigenvalue weighted by atomic mass is 10.0. The summed E-state index contributed by atoms with van der Waals surface area (Å²) in [7, 11) is 0. The molecule has 6 heteroatoms. The van der Waals surface area contributed by atoms with Gasteiger partial charge in [-0.15, -0.1) is 0 Å². The van der Waals surface area contributed by atoms with Gasteiger partial charge in [0.2, 0.25) is 0 Å². The fourth-order valence-electron chi connectivity index (χ4n) is 2.35. The average molecular weight is 373 g/mol. The van der Waals surface area contributed by atoms with Gasteiger partial charge < -0.3 is 15.0 Å². The summed E-state index contributed by atoms with van der Waals surface area (Å²) >= 11 is 3.18. The van der Waals surface area contributed by atoms with Crippen LogP contribution in [-0.2, 0) is 4.74 Å². The molecule has 1 heterocycles. The molecule has 1 aromatic rings. The van der Waals surface area contributed by atoms with E-state index in [0.717, 1.165) is 18.5 Å². The first-order valence-corrected chi connectivity index (χ1v) is 8.23. The first-order valence-electron chi connectivity index (χ1n) is 7.44. The number of likely N-dealkylation sites (tertiary alicyclic amines) is 1. The van der Waals surface area contributed by atoms with Gasteiger partial charge in [-0.3, -0.25) is 0 Å². The van der Waals surface area contributed by atoms with E-state index in [0.29, 0.717) is 17.6 Å². The maximum absolute atomic E-state index is 13.2. The third kappa shape index (κ3) is 4.87. The molecule has 1 fully saturated rings. The second-order valence-electron chi connectivity index (χ2n) is 6.51. The van der Waals surface area contributed by atoms with Crippen LogP contribution in [0.2, 0.25) is 0 Å². The van der Waals surface area contributed by atoms with Gasteiger partial charge in [-0.25, -0.2) is 9.18 Å². The Balaban J connectivity index is 1.84. The second-order valence-corrected chi connectivity index (χ2v) is 7.37. The van der Waals surface area contributed by atoms with Crippen LogP contribution in [0, 0.1) is 5.82 Å². The van der Waals surface area contributed by atoms with Crippen LogP contribution in [0.25, 0.3) is 0 Å². The SMILES string of the molecule is CC(C)(C)OC(=O)N1CCC(Nc2ccc(F)c(Br)c2)CC1. The molecule has 2 rings (SSSR count). The third-order valence-corrected chi connectivity index (χ3v) is 4.04. The van der Waals surface area contributed by atoms with Crippen molar-refractivity contribution in [2.75, 3.05) is 18.4 Å². The van der Waals surface area contributed by atoms with Crippen molar-refractivity contribution in [3.63, 3.8) is 0 Å². The number of hydrogen-bond acceptors (Lipinski definition) is 3. The normalized spacial score (nSPS) is 16.5. The first kappa shape index (κ1) is 17.1. The van der Waals surface area contributed by atoms with Crippen LogP contribution in [0.3, 0.4) is 0 Å². The Morgan fingerprint density at radius 2 is 2.00 bits per heavy atom. The molecule has 0 radical (unpaired) electrons. The van der Waals surface area contributed by atoms with Gasteiger partial charge in [-0.2, -0.15) is 0 Å². The molecule has 1 amide bonds. The first-order chi connectivity index (χ1) is 10.2. The molecule has 122 valence electrons. The van der Waals surface area contributed by atoms with E-state index in [1.807, 2.05) is 20.8 Å². The van der Waals surface area contributed by atoms with Gasteiger partial charge in [-0.05, 0) is 67.7 Å². The molecule has 1 aliphatic rings. The van der Waals surface area contributed by atoms with Gasteiger partial charge in [-0.1, -0.05) is 0 Å². The Hall–Kier alpha value is -1.30. The topological polar surface area (TPSA) is 41.6 Å². The van der Waals surface area contributed by atoms with Gasteiger partial charge in [0, 0.05) is 24.8 Å². The Morgan fingerprint density at radius 3 is 2.55 bits per heavy atom. The number of rotatable bonds is 2. The summed E-state index contributed by atoms with van der Waals surface area (Å²) < 4.78 is 19.0. The van der Waals surface area contributed by atoms with Gasteiger partial charge >= 0.3 is 6.09 Å². The van der Waals surface area contributed by atoms with Gasteiger partial charge in [0.15, 0.2) is 0 Å². The van der Waals surface area contributed by atoms with E-state index in [1.165, 1.54) is 6.07 Å². The molecule has 1 N–H and O–H groups in total. The van der Waals surface area contributed by atoms with Crippen molar-refractivity contribution in [3.05, 3.63) is 28.5 Å². The Morgan fingerprint density at radius 1 is 1.36 bits per heavy atom. The number of benzene rings is 1. The lowest BCUT2D eigenvalue weighted by molar-refractivity contribution is 0.0210. The summed E-state index contributed by atoms with van der Waals surface area (Å²) in [5.41, 5.74) is 0.413. The predicted octanol–water partition coefficient (Wildman–Crippen LogP) is 4.40. The van der Waals surface area contributed by atoms with E-state index < -0.39 is 5.60 Å².